The summed E-state index contributed by atoms with van der Waals surface area (Å²) in [6.07, 6.45) is 0. The van der Waals surface area contributed by atoms with Crippen LogP contribution in [-0.4, -0.2) is 6.54 Å². The highest BCUT2D eigenvalue weighted by molar-refractivity contribution is 9.10. The molecule has 0 aliphatic rings. The fourth-order valence-electron chi connectivity index (χ4n) is 1.68. The fourth-order valence-corrected chi connectivity index (χ4v) is 2.17. The first-order valence-electron chi connectivity index (χ1n) is 5.24. The molecule has 0 aliphatic heterocycles. The van der Waals surface area contributed by atoms with Crippen LogP contribution in [0, 0.1) is 11.7 Å². The molecule has 0 aromatic heterocycles. The molecule has 0 heterocycles. The van der Waals surface area contributed by atoms with Crippen LogP contribution in [0.1, 0.15) is 32.4 Å². The summed E-state index contributed by atoms with van der Waals surface area (Å²) >= 11 is 3.46. The van der Waals surface area contributed by atoms with Gasteiger partial charge in [0.25, 0.3) is 0 Å². The molecule has 1 N–H and O–H groups in total. The first-order valence-corrected chi connectivity index (χ1v) is 6.04. The normalized spacial score (nSPS) is 13.2. The number of benzene rings is 1. The van der Waals surface area contributed by atoms with Crippen molar-refractivity contribution in [1.82, 2.24) is 5.32 Å². The van der Waals surface area contributed by atoms with E-state index in [4.69, 9.17) is 0 Å². The molecule has 1 aromatic carbocycles. The Hall–Kier alpha value is -0.410. The maximum atomic E-state index is 13.2. The zero-order valence-electron chi connectivity index (χ0n) is 9.35. The first kappa shape index (κ1) is 12.7. The Morgan fingerprint density at radius 2 is 2.07 bits per heavy atom. The lowest BCUT2D eigenvalue weighted by Crippen LogP contribution is -2.25. The highest BCUT2D eigenvalue weighted by Gasteiger charge is 2.17. The van der Waals surface area contributed by atoms with Crippen molar-refractivity contribution in [2.24, 2.45) is 5.92 Å². The lowest BCUT2D eigenvalue weighted by Gasteiger charge is -2.23. The predicted molar refractivity (Wildman–Crippen MR) is 65.4 cm³/mol. The highest BCUT2D eigenvalue weighted by Crippen LogP contribution is 2.29. The monoisotopic (exact) mass is 273 g/mol. The van der Waals surface area contributed by atoms with Gasteiger partial charge in [0.05, 0.1) is 0 Å². The van der Waals surface area contributed by atoms with Gasteiger partial charge in [0.15, 0.2) is 0 Å². The molecule has 15 heavy (non-hydrogen) atoms. The molecule has 0 aliphatic carbocycles. The van der Waals surface area contributed by atoms with Crippen LogP contribution in [0.25, 0.3) is 0 Å². The summed E-state index contributed by atoms with van der Waals surface area (Å²) in [5, 5.41) is 3.37. The van der Waals surface area contributed by atoms with E-state index in [9.17, 15) is 4.39 Å². The van der Waals surface area contributed by atoms with Gasteiger partial charge in [0.1, 0.15) is 5.82 Å². The van der Waals surface area contributed by atoms with Crippen molar-refractivity contribution in [3.05, 3.63) is 34.1 Å². The van der Waals surface area contributed by atoms with E-state index >= 15 is 0 Å². The third-order valence-corrected chi connectivity index (χ3v) is 3.11. The fraction of sp³-hybridized carbons (Fsp3) is 0.500. The largest absolute Gasteiger partial charge is 0.310 e. The predicted octanol–water partition coefficient (Wildman–Crippen LogP) is 3.89. The van der Waals surface area contributed by atoms with Gasteiger partial charge in [-0.2, -0.15) is 0 Å². The van der Waals surface area contributed by atoms with Gasteiger partial charge in [-0.3, -0.25) is 0 Å². The quantitative estimate of drug-likeness (QED) is 0.878. The molecule has 0 amide bonds. The standard InChI is InChI=1S/C12H17BrFN/c1-4-15-12(8(2)3)10-7-9(14)5-6-11(10)13/h5-8,12,15H,4H2,1-3H3. The summed E-state index contributed by atoms with van der Waals surface area (Å²) in [5.41, 5.74) is 0.992. The number of halogens is 2. The molecule has 84 valence electrons. The summed E-state index contributed by atoms with van der Waals surface area (Å²) in [6.45, 7) is 7.20. The molecule has 0 saturated heterocycles. The Morgan fingerprint density at radius 1 is 1.40 bits per heavy atom. The third kappa shape index (κ3) is 3.28. The second kappa shape index (κ2) is 5.61. The number of nitrogens with one attached hydrogen (secondary N) is 1. The second-order valence-electron chi connectivity index (χ2n) is 3.95. The molecule has 1 rings (SSSR count). The van der Waals surface area contributed by atoms with Crippen molar-refractivity contribution < 1.29 is 4.39 Å². The van der Waals surface area contributed by atoms with Gasteiger partial charge in [-0.15, -0.1) is 0 Å². The van der Waals surface area contributed by atoms with E-state index in [2.05, 4.69) is 42.0 Å². The molecule has 1 unspecified atom stereocenters. The Labute approximate surface area is 99.2 Å². The maximum absolute atomic E-state index is 13.2. The number of hydrogen-bond acceptors (Lipinski definition) is 1. The van der Waals surface area contributed by atoms with Crippen LogP contribution < -0.4 is 5.32 Å². The summed E-state index contributed by atoms with van der Waals surface area (Å²) in [4.78, 5) is 0. The van der Waals surface area contributed by atoms with Gasteiger partial charge >= 0.3 is 0 Å². The van der Waals surface area contributed by atoms with E-state index in [1.807, 2.05) is 0 Å². The zero-order valence-corrected chi connectivity index (χ0v) is 10.9. The maximum Gasteiger partial charge on any atom is 0.123 e. The molecule has 3 heteroatoms. The van der Waals surface area contributed by atoms with Crippen molar-refractivity contribution in [3.8, 4) is 0 Å². The Kier molecular flexibility index (Phi) is 4.74. The van der Waals surface area contributed by atoms with Gasteiger partial charge in [0.2, 0.25) is 0 Å². The molecular weight excluding hydrogens is 257 g/mol. The van der Waals surface area contributed by atoms with Crippen LogP contribution in [0.2, 0.25) is 0 Å². The van der Waals surface area contributed by atoms with Crippen LogP contribution in [0.5, 0.6) is 0 Å². The SMILES string of the molecule is CCNC(c1cc(F)ccc1Br)C(C)C. The Balaban J connectivity index is 3.04. The van der Waals surface area contributed by atoms with Gasteiger partial charge < -0.3 is 5.32 Å². The van der Waals surface area contributed by atoms with Crippen LogP contribution in [0.4, 0.5) is 4.39 Å². The van der Waals surface area contributed by atoms with E-state index in [-0.39, 0.29) is 11.9 Å². The summed E-state index contributed by atoms with van der Waals surface area (Å²) in [5.74, 6) is 0.250. The smallest absolute Gasteiger partial charge is 0.123 e. The molecule has 0 spiro atoms. The van der Waals surface area contributed by atoms with Gasteiger partial charge in [0, 0.05) is 10.5 Å². The number of hydrogen-bond donors (Lipinski definition) is 1. The van der Waals surface area contributed by atoms with Crippen molar-refractivity contribution in [3.63, 3.8) is 0 Å². The van der Waals surface area contributed by atoms with Crippen LogP contribution in [-0.2, 0) is 0 Å². The van der Waals surface area contributed by atoms with Crippen LogP contribution in [0.3, 0.4) is 0 Å². The molecular formula is C12H17BrFN. The molecule has 0 bridgehead atoms. The topological polar surface area (TPSA) is 12.0 Å². The average Bonchev–Trinajstić information content (AvgIpc) is 2.18. The molecule has 1 nitrogen and oxygen atoms in total. The van der Waals surface area contributed by atoms with Crippen molar-refractivity contribution in [2.45, 2.75) is 26.8 Å². The summed E-state index contributed by atoms with van der Waals surface area (Å²) < 4.78 is 14.1. The average molecular weight is 274 g/mol. The minimum absolute atomic E-state index is 0.184. The van der Waals surface area contributed by atoms with E-state index in [1.54, 1.807) is 12.1 Å². The first-order chi connectivity index (χ1) is 7.06. The second-order valence-corrected chi connectivity index (χ2v) is 4.80. The minimum atomic E-state index is -0.184. The van der Waals surface area contributed by atoms with Gasteiger partial charge in [-0.05, 0) is 36.2 Å². The lowest BCUT2D eigenvalue weighted by atomic mass is 9.96. The molecule has 1 atom stereocenters. The minimum Gasteiger partial charge on any atom is -0.310 e. The van der Waals surface area contributed by atoms with E-state index < -0.39 is 0 Å². The molecule has 1 aromatic rings. The summed E-state index contributed by atoms with van der Waals surface area (Å²) in [7, 11) is 0. The molecule has 0 saturated carbocycles. The van der Waals surface area contributed by atoms with Crippen molar-refractivity contribution >= 4 is 15.9 Å². The van der Waals surface area contributed by atoms with Crippen molar-refractivity contribution in [1.29, 1.82) is 0 Å². The van der Waals surface area contributed by atoms with E-state index in [0.717, 1.165) is 16.6 Å². The van der Waals surface area contributed by atoms with Gasteiger partial charge in [-0.1, -0.05) is 36.7 Å². The Bertz CT molecular complexity index is 325. The zero-order chi connectivity index (χ0) is 11.4. The van der Waals surface area contributed by atoms with Crippen LogP contribution >= 0.6 is 15.9 Å². The highest BCUT2D eigenvalue weighted by atomic mass is 79.9. The number of rotatable bonds is 4. The van der Waals surface area contributed by atoms with E-state index in [1.165, 1.54) is 6.07 Å². The molecule has 0 fully saturated rings. The molecule has 0 radical (unpaired) electrons. The van der Waals surface area contributed by atoms with Crippen molar-refractivity contribution in [2.75, 3.05) is 6.54 Å². The summed E-state index contributed by atoms with van der Waals surface area (Å²) in [6, 6.07) is 5.02. The van der Waals surface area contributed by atoms with Gasteiger partial charge in [-0.25, -0.2) is 4.39 Å². The Morgan fingerprint density at radius 3 is 2.60 bits per heavy atom. The van der Waals surface area contributed by atoms with Crippen LogP contribution in [0.15, 0.2) is 22.7 Å². The van der Waals surface area contributed by atoms with E-state index in [0.29, 0.717) is 5.92 Å². The third-order valence-electron chi connectivity index (χ3n) is 2.38. The lowest BCUT2D eigenvalue weighted by molar-refractivity contribution is 0.418.